The van der Waals surface area contributed by atoms with Crippen molar-refractivity contribution < 1.29 is 101 Å². The molecule has 6 atom stereocenters. The first kappa shape index (κ1) is 41.0. The van der Waals surface area contributed by atoms with Crippen molar-refractivity contribution in [3.8, 4) is 0 Å². The molecule has 1 fully saturated rings. The number of aliphatic hydroxyl groups is 2. The molecule has 56 heavy (non-hydrogen) atoms. The molecule has 1 saturated carbocycles. The van der Waals surface area contributed by atoms with E-state index in [0.29, 0.717) is 0 Å². The van der Waals surface area contributed by atoms with Gasteiger partial charge >= 0.3 is 23.9 Å². The number of hydrogen-bond acceptors (Lipinski definition) is 10. The van der Waals surface area contributed by atoms with Gasteiger partial charge in [0.25, 0.3) is 0 Å². The van der Waals surface area contributed by atoms with E-state index in [0.717, 1.165) is 0 Å². The molecule has 0 amide bonds. The van der Waals surface area contributed by atoms with E-state index in [2.05, 4.69) is 0 Å². The number of carbonyl (C=O) groups excluding carboxylic acids is 4. The first-order chi connectivity index (χ1) is 26.2. The molecule has 10 nitrogen and oxygen atoms in total. The number of halogens is 12. The lowest BCUT2D eigenvalue weighted by Crippen LogP contribution is -2.67. The van der Waals surface area contributed by atoms with Gasteiger partial charge in [-0.25, -0.2) is 71.9 Å². The lowest BCUT2D eigenvalue weighted by molar-refractivity contribution is -0.223. The van der Waals surface area contributed by atoms with Crippen molar-refractivity contribution >= 4 is 23.9 Å². The van der Waals surface area contributed by atoms with Crippen molar-refractivity contribution in [1.82, 2.24) is 0 Å². The van der Waals surface area contributed by atoms with Gasteiger partial charge in [-0.3, -0.25) is 0 Å². The van der Waals surface area contributed by atoms with Crippen LogP contribution in [0.15, 0.2) is 48.5 Å². The normalized spacial score (nSPS) is 20.6. The molecule has 0 aliphatic heterocycles. The second kappa shape index (κ2) is 15.9. The summed E-state index contributed by atoms with van der Waals surface area (Å²) >= 11 is 0. The summed E-state index contributed by atoms with van der Waals surface area (Å²) in [5.41, 5.74) is -4.88. The maximum Gasteiger partial charge on any atom is 0.338 e. The van der Waals surface area contributed by atoms with Crippen molar-refractivity contribution in [3.63, 3.8) is 0 Å². The quantitative estimate of drug-likeness (QED) is 0.104. The van der Waals surface area contributed by atoms with Crippen molar-refractivity contribution in [3.05, 3.63) is 141 Å². The lowest BCUT2D eigenvalue weighted by atomic mass is 9.84. The van der Waals surface area contributed by atoms with E-state index in [1.807, 2.05) is 0 Å². The zero-order valence-electron chi connectivity index (χ0n) is 26.8. The highest BCUT2D eigenvalue weighted by atomic mass is 19.2. The Balaban J connectivity index is 1.65. The van der Waals surface area contributed by atoms with Gasteiger partial charge < -0.3 is 29.2 Å². The van der Waals surface area contributed by atoms with Gasteiger partial charge in [0.2, 0.25) is 0 Å². The Hall–Kier alpha value is -6.16. The minimum atomic E-state index is -2.84. The van der Waals surface area contributed by atoms with Crippen LogP contribution in [0, 0.1) is 69.8 Å². The molecule has 0 spiro atoms. The van der Waals surface area contributed by atoms with Crippen LogP contribution in [-0.2, 0) is 18.9 Å². The number of ether oxygens (including phenoxy) is 4. The van der Waals surface area contributed by atoms with Gasteiger partial charge in [0.1, 0.15) is 12.2 Å². The average Bonchev–Trinajstić information content (AvgIpc) is 3.14. The van der Waals surface area contributed by atoms with Crippen LogP contribution in [0.5, 0.6) is 0 Å². The summed E-state index contributed by atoms with van der Waals surface area (Å²) in [6.07, 6.45) is -16.8. The maximum atomic E-state index is 14.1. The Morgan fingerprint density at radius 2 is 0.500 bits per heavy atom. The fourth-order valence-corrected chi connectivity index (χ4v) is 5.15. The Bertz CT molecular complexity index is 2020. The third kappa shape index (κ3) is 8.10. The van der Waals surface area contributed by atoms with Crippen LogP contribution in [0.2, 0.25) is 0 Å². The summed E-state index contributed by atoms with van der Waals surface area (Å²) in [7, 11) is 0. The summed E-state index contributed by atoms with van der Waals surface area (Å²) in [4.78, 5) is 52.5. The molecular weight excluding hydrogens is 796 g/mol. The number of benzene rings is 4. The third-order valence-electron chi connectivity index (χ3n) is 7.85. The summed E-state index contributed by atoms with van der Waals surface area (Å²) in [5, 5.41) is 22.2. The predicted molar refractivity (Wildman–Crippen MR) is 154 cm³/mol. The standard InChI is InChI=1S/C34H16F12O10/c35-13-1-9(2-14(36)21(13)43)31(49)53-27-25(47)26(48)28(54-32(50)10-3-15(37)22(44)16(38)4-10)30(56-34(52)12-7-19(41)24(46)20(42)8-12)29(27)55-33(51)11-5-17(39)23(45)18(40)6-11/h1-8,25-30,47-48H/t25-,26+,27+,28-,29-,30+. The molecule has 296 valence electrons. The molecule has 0 aromatic heterocycles. The number of hydrogen-bond donors (Lipinski definition) is 2. The van der Waals surface area contributed by atoms with Gasteiger partial charge in [-0.2, -0.15) is 0 Å². The van der Waals surface area contributed by atoms with Crippen LogP contribution >= 0.6 is 0 Å². The second-order valence-corrected chi connectivity index (χ2v) is 11.5. The Labute approximate surface area is 302 Å². The van der Waals surface area contributed by atoms with Crippen molar-refractivity contribution in [2.24, 2.45) is 0 Å². The van der Waals surface area contributed by atoms with Crippen LogP contribution in [0.1, 0.15) is 41.4 Å². The Morgan fingerprint density at radius 1 is 0.339 bits per heavy atom. The van der Waals surface area contributed by atoms with Crippen molar-refractivity contribution in [2.45, 2.75) is 36.6 Å². The van der Waals surface area contributed by atoms with Gasteiger partial charge in [0.15, 0.2) is 94.2 Å². The van der Waals surface area contributed by atoms with E-state index >= 15 is 0 Å². The maximum absolute atomic E-state index is 14.1. The Kier molecular flexibility index (Phi) is 11.6. The molecule has 0 radical (unpaired) electrons. The highest BCUT2D eigenvalue weighted by Gasteiger charge is 2.58. The van der Waals surface area contributed by atoms with E-state index < -0.39 is 153 Å². The molecule has 0 heterocycles. The monoisotopic (exact) mass is 812 g/mol. The topological polar surface area (TPSA) is 146 Å². The molecule has 0 saturated heterocycles. The zero-order chi connectivity index (χ0) is 41.5. The number of esters is 4. The van der Waals surface area contributed by atoms with Crippen LogP contribution in [0.3, 0.4) is 0 Å². The summed E-state index contributed by atoms with van der Waals surface area (Å²) in [6, 6.07) is 0.215. The molecule has 2 N–H and O–H groups in total. The highest BCUT2D eigenvalue weighted by molar-refractivity contribution is 5.92. The predicted octanol–water partition coefficient (Wildman–Crippen LogP) is 5.29. The van der Waals surface area contributed by atoms with Crippen molar-refractivity contribution in [1.29, 1.82) is 0 Å². The minimum Gasteiger partial charge on any atom is -0.452 e. The summed E-state index contributed by atoms with van der Waals surface area (Å²) in [5.74, 6) is -32.4. The van der Waals surface area contributed by atoms with Crippen LogP contribution < -0.4 is 0 Å². The molecule has 5 rings (SSSR count). The van der Waals surface area contributed by atoms with Gasteiger partial charge in [0.05, 0.1) is 22.3 Å². The van der Waals surface area contributed by atoms with E-state index in [-0.39, 0.29) is 48.5 Å². The van der Waals surface area contributed by atoms with E-state index in [9.17, 15) is 82.1 Å². The molecule has 4 aromatic carbocycles. The molecule has 4 aromatic rings. The third-order valence-corrected chi connectivity index (χ3v) is 7.85. The Morgan fingerprint density at radius 3 is 0.679 bits per heavy atom. The fourth-order valence-electron chi connectivity index (χ4n) is 5.15. The average molecular weight is 812 g/mol. The van der Waals surface area contributed by atoms with Gasteiger partial charge in [-0.15, -0.1) is 0 Å². The largest absolute Gasteiger partial charge is 0.452 e. The smallest absolute Gasteiger partial charge is 0.338 e. The number of aliphatic hydroxyl groups excluding tert-OH is 2. The van der Waals surface area contributed by atoms with Gasteiger partial charge in [0, 0.05) is 0 Å². The molecule has 22 heteroatoms. The van der Waals surface area contributed by atoms with Crippen LogP contribution in [-0.4, -0.2) is 70.7 Å². The number of carbonyl (C=O) groups is 4. The van der Waals surface area contributed by atoms with Crippen LogP contribution in [0.4, 0.5) is 52.7 Å². The van der Waals surface area contributed by atoms with Gasteiger partial charge in [-0.1, -0.05) is 0 Å². The summed E-state index contributed by atoms with van der Waals surface area (Å²) < 4.78 is 187. The molecule has 0 bridgehead atoms. The minimum absolute atomic E-state index is 0.0140. The zero-order valence-corrected chi connectivity index (χ0v) is 26.8. The SMILES string of the molecule is O=C(O[C@@H]1[C@H](OC(=O)c2cc(F)c(F)c(F)c2)[C@@H](OC(=O)c2cc(F)c(F)c(F)c2)[C@H](O)[C@H](O)[C@H]1OC(=O)c1cc(F)c(F)c(F)c1)c1cc(F)c(F)c(F)c1. The molecule has 1 aliphatic rings. The van der Waals surface area contributed by atoms with E-state index in [4.69, 9.17) is 18.9 Å². The van der Waals surface area contributed by atoms with E-state index in [1.54, 1.807) is 0 Å². The molecular formula is C34H16F12O10. The van der Waals surface area contributed by atoms with E-state index in [1.165, 1.54) is 0 Å². The lowest BCUT2D eigenvalue weighted by Gasteiger charge is -2.45. The van der Waals surface area contributed by atoms with Gasteiger partial charge in [-0.05, 0) is 48.5 Å². The summed E-state index contributed by atoms with van der Waals surface area (Å²) in [6.45, 7) is 0. The van der Waals surface area contributed by atoms with Crippen LogP contribution in [0.25, 0.3) is 0 Å². The number of rotatable bonds is 8. The fraction of sp³-hybridized carbons (Fsp3) is 0.176. The highest BCUT2D eigenvalue weighted by Crippen LogP contribution is 2.34. The first-order valence-electron chi connectivity index (χ1n) is 15.0. The second-order valence-electron chi connectivity index (χ2n) is 11.5. The first-order valence-corrected chi connectivity index (χ1v) is 15.0. The molecule has 0 unspecified atom stereocenters. The van der Waals surface area contributed by atoms with Crippen molar-refractivity contribution in [2.75, 3.05) is 0 Å². The molecule has 1 aliphatic carbocycles.